The van der Waals surface area contributed by atoms with Crippen molar-refractivity contribution in [2.75, 3.05) is 25.0 Å². The van der Waals surface area contributed by atoms with Crippen LogP contribution in [0, 0.1) is 6.92 Å². The molecule has 1 aromatic heterocycles. The minimum absolute atomic E-state index is 0.449. The van der Waals surface area contributed by atoms with Gasteiger partial charge in [-0.05, 0) is 6.92 Å². The average Bonchev–Trinajstić information content (AvgIpc) is 2.30. The molecule has 1 heterocycles. The molecule has 0 saturated carbocycles. The Morgan fingerprint density at radius 3 is 2.58 bits per heavy atom. The molecule has 0 unspecified atom stereocenters. The van der Waals surface area contributed by atoms with Crippen LogP contribution in [0.1, 0.15) is 5.76 Å². The zero-order valence-corrected chi connectivity index (χ0v) is 7.16. The van der Waals surface area contributed by atoms with Crippen LogP contribution in [0.2, 0.25) is 0 Å². The van der Waals surface area contributed by atoms with E-state index in [1.807, 2.05) is 0 Å². The predicted molar refractivity (Wildman–Crippen MR) is 44.3 cm³/mol. The van der Waals surface area contributed by atoms with E-state index in [1.54, 1.807) is 18.9 Å². The highest BCUT2D eigenvalue weighted by Crippen LogP contribution is 2.15. The third-order valence-electron chi connectivity index (χ3n) is 1.53. The molecule has 5 nitrogen and oxygen atoms in total. The summed E-state index contributed by atoms with van der Waals surface area (Å²) in [7, 11) is 1.79. The summed E-state index contributed by atoms with van der Waals surface area (Å²) in [5.74, 6) is 0.257. The fraction of sp³-hybridized carbons (Fsp3) is 0.571. The van der Waals surface area contributed by atoms with Crippen LogP contribution in [0.15, 0.2) is 13.6 Å². The van der Waals surface area contributed by atoms with E-state index in [0.717, 1.165) is 0 Å². The lowest BCUT2D eigenvalue weighted by molar-refractivity contribution is 0.379. The SMILES string of the molecule is Cc1oc(=O)oc1N(C)CCN. The van der Waals surface area contributed by atoms with Gasteiger partial charge in [-0.1, -0.05) is 0 Å². The van der Waals surface area contributed by atoms with Gasteiger partial charge in [-0.2, -0.15) is 0 Å². The van der Waals surface area contributed by atoms with E-state index in [4.69, 9.17) is 10.2 Å². The fourth-order valence-corrected chi connectivity index (χ4v) is 0.982. The lowest BCUT2D eigenvalue weighted by Crippen LogP contribution is -2.25. The third kappa shape index (κ3) is 1.68. The molecule has 0 aliphatic heterocycles. The number of aryl methyl sites for hydroxylation is 1. The van der Waals surface area contributed by atoms with Crippen LogP contribution >= 0.6 is 0 Å². The molecule has 1 aromatic rings. The number of nitrogens with two attached hydrogens (primary N) is 1. The van der Waals surface area contributed by atoms with Crippen molar-refractivity contribution in [1.29, 1.82) is 0 Å². The highest BCUT2D eigenvalue weighted by Gasteiger charge is 2.11. The predicted octanol–water partition coefficient (Wildman–Crippen LogP) is -0.0639. The van der Waals surface area contributed by atoms with Crippen LogP contribution in [-0.2, 0) is 0 Å². The number of anilines is 1. The molecule has 12 heavy (non-hydrogen) atoms. The van der Waals surface area contributed by atoms with Crippen molar-refractivity contribution in [1.82, 2.24) is 0 Å². The molecular weight excluding hydrogens is 160 g/mol. The molecule has 0 aliphatic rings. The van der Waals surface area contributed by atoms with E-state index < -0.39 is 5.82 Å². The van der Waals surface area contributed by atoms with Crippen molar-refractivity contribution in [3.8, 4) is 0 Å². The summed E-state index contributed by atoms with van der Waals surface area (Å²) in [6.45, 7) is 2.81. The van der Waals surface area contributed by atoms with Gasteiger partial charge in [0.15, 0.2) is 5.76 Å². The Labute approximate surface area is 69.8 Å². The van der Waals surface area contributed by atoms with Gasteiger partial charge in [0.25, 0.3) is 0 Å². The number of nitrogens with zero attached hydrogens (tertiary/aromatic N) is 1. The molecule has 0 aliphatic carbocycles. The lowest BCUT2D eigenvalue weighted by atomic mass is 10.5. The maximum Gasteiger partial charge on any atom is 0.520 e. The van der Waals surface area contributed by atoms with Gasteiger partial charge in [-0.25, -0.2) is 4.79 Å². The first kappa shape index (κ1) is 8.86. The first-order chi connectivity index (χ1) is 5.65. The summed E-state index contributed by atoms with van der Waals surface area (Å²) in [5.41, 5.74) is 5.33. The Bertz CT molecular complexity index is 302. The summed E-state index contributed by atoms with van der Waals surface area (Å²) in [6.07, 6.45) is 0. The van der Waals surface area contributed by atoms with Crippen LogP contribution in [0.4, 0.5) is 5.88 Å². The second-order valence-corrected chi connectivity index (χ2v) is 2.53. The van der Waals surface area contributed by atoms with Gasteiger partial charge in [0, 0.05) is 20.1 Å². The van der Waals surface area contributed by atoms with E-state index in [1.165, 1.54) is 0 Å². The average molecular weight is 172 g/mol. The number of hydrogen-bond donors (Lipinski definition) is 1. The van der Waals surface area contributed by atoms with Gasteiger partial charge in [-0.3, -0.25) is 0 Å². The Morgan fingerprint density at radius 2 is 2.17 bits per heavy atom. The fourth-order valence-electron chi connectivity index (χ4n) is 0.982. The van der Waals surface area contributed by atoms with Gasteiger partial charge < -0.3 is 19.5 Å². The highest BCUT2D eigenvalue weighted by molar-refractivity contribution is 5.36. The molecule has 0 fully saturated rings. The number of likely N-dealkylation sites (N-methyl/N-ethyl adjacent to an activating group) is 1. The van der Waals surface area contributed by atoms with Crippen LogP contribution in [0.5, 0.6) is 0 Å². The summed E-state index contributed by atoms with van der Waals surface area (Å²) < 4.78 is 9.45. The van der Waals surface area contributed by atoms with E-state index in [2.05, 4.69) is 4.42 Å². The summed E-state index contributed by atoms with van der Waals surface area (Å²) in [5, 5.41) is 0. The number of hydrogen-bond acceptors (Lipinski definition) is 5. The summed E-state index contributed by atoms with van der Waals surface area (Å²) in [6, 6.07) is 0. The Balaban J connectivity index is 2.86. The zero-order valence-electron chi connectivity index (χ0n) is 7.16. The molecule has 0 bridgehead atoms. The Kier molecular flexibility index (Phi) is 2.54. The smallest absolute Gasteiger partial charge is 0.394 e. The van der Waals surface area contributed by atoms with Crippen molar-refractivity contribution in [3.63, 3.8) is 0 Å². The minimum atomic E-state index is -0.675. The quantitative estimate of drug-likeness (QED) is 0.691. The maximum atomic E-state index is 10.6. The molecule has 0 radical (unpaired) electrons. The van der Waals surface area contributed by atoms with Gasteiger partial charge in [0.2, 0.25) is 5.88 Å². The van der Waals surface area contributed by atoms with Crippen molar-refractivity contribution in [2.45, 2.75) is 6.92 Å². The van der Waals surface area contributed by atoms with Crippen LogP contribution in [-0.4, -0.2) is 20.1 Å². The number of rotatable bonds is 3. The molecule has 0 atom stereocenters. The molecule has 5 heteroatoms. The molecule has 0 spiro atoms. The second-order valence-electron chi connectivity index (χ2n) is 2.53. The summed E-state index contributed by atoms with van der Waals surface area (Å²) in [4.78, 5) is 12.4. The molecule has 1 rings (SSSR count). The second kappa shape index (κ2) is 3.44. The van der Waals surface area contributed by atoms with E-state index >= 15 is 0 Å². The van der Waals surface area contributed by atoms with E-state index in [9.17, 15) is 4.79 Å². The molecule has 0 aromatic carbocycles. The lowest BCUT2D eigenvalue weighted by Gasteiger charge is -2.13. The molecule has 2 N–H and O–H groups in total. The highest BCUT2D eigenvalue weighted by atomic mass is 16.6. The minimum Gasteiger partial charge on any atom is -0.394 e. The molecule has 0 amide bonds. The maximum absolute atomic E-state index is 10.6. The van der Waals surface area contributed by atoms with Gasteiger partial charge in [0.05, 0.1) is 0 Å². The normalized spacial score (nSPS) is 10.2. The Hall–Kier alpha value is -1.23. The van der Waals surface area contributed by atoms with Crippen LogP contribution in [0.3, 0.4) is 0 Å². The van der Waals surface area contributed by atoms with Gasteiger partial charge in [-0.15, -0.1) is 0 Å². The largest absolute Gasteiger partial charge is 0.520 e. The van der Waals surface area contributed by atoms with Crippen molar-refractivity contribution in [3.05, 3.63) is 16.4 Å². The topological polar surface area (TPSA) is 72.6 Å². The van der Waals surface area contributed by atoms with Crippen molar-refractivity contribution >= 4 is 5.88 Å². The first-order valence-electron chi connectivity index (χ1n) is 3.67. The first-order valence-corrected chi connectivity index (χ1v) is 3.67. The van der Waals surface area contributed by atoms with Crippen LogP contribution in [0.25, 0.3) is 0 Å². The third-order valence-corrected chi connectivity index (χ3v) is 1.53. The monoisotopic (exact) mass is 172 g/mol. The van der Waals surface area contributed by atoms with E-state index in [-0.39, 0.29) is 0 Å². The molecule has 68 valence electrons. The van der Waals surface area contributed by atoms with Gasteiger partial charge in [0.1, 0.15) is 0 Å². The van der Waals surface area contributed by atoms with Crippen molar-refractivity contribution < 1.29 is 8.83 Å². The van der Waals surface area contributed by atoms with Crippen LogP contribution < -0.4 is 16.5 Å². The summed E-state index contributed by atoms with van der Waals surface area (Å²) >= 11 is 0. The standard InChI is InChI=1S/C7H12N2O3/c1-5-6(9(2)4-3-8)12-7(10)11-5/h3-4,8H2,1-2H3. The van der Waals surface area contributed by atoms with Gasteiger partial charge >= 0.3 is 5.82 Å². The molecular formula is C7H12N2O3. The van der Waals surface area contributed by atoms with Crippen molar-refractivity contribution in [2.24, 2.45) is 5.73 Å². The van der Waals surface area contributed by atoms with E-state index in [0.29, 0.717) is 24.7 Å². The molecule has 0 saturated heterocycles. The Morgan fingerprint density at radius 1 is 1.50 bits per heavy atom. The zero-order chi connectivity index (χ0) is 9.14.